The normalized spacial score (nSPS) is 9.80. The summed E-state index contributed by atoms with van der Waals surface area (Å²) in [5.41, 5.74) is 0.0440. The highest BCUT2D eigenvalue weighted by Crippen LogP contribution is 2.13. The third-order valence-corrected chi connectivity index (χ3v) is 1.57. The van der Waals surface area contributed by atoms with E-state index in [1.165, 1.54) is 4.68 Å². The average Bonchev–Trinajstić information content (AvgIpc) is 2.10. The van der Waals surface area contributed by atoms with Gasteiger partial charge in [0.15, 0.2) is 5.69 Å². The predicted molar refractivity (Wildman–Crippen MR) is 37.9 cm³/mol. The van der Waals surface area contributed by atoms with Crippen molar-refractivity contribution >= 4 is 21.9 Å². The number of carbonyl (C=O) groups is 1. The van der Waals surface area contributed by atoms with Crippen LogP contribution in [0.1, 0.15) is 10.5 Å². The first kappa shape index (κ1) is 7.27. The minimum absolute atomic E-state index is 0.0440. The van der Waals surface area contributed by atoms with E-state index in [0.29, 0.717) is 4.47 Å². The van der Waals surface area contributed by atoms with Crippen molar-refractivity contribution in [2.45, 2.75) is 0 Å². The lowest BCUT2D eigenvalue weighted by Crippen LogP contribution is -1.99. The lowest BCUT2D eigenvalue weighted by Gasteiger charge is -1.84. The predicted octanol–water partition coefficient (Wildman–Crippen LogP) is 0.881. The Morgan fingerprint density at radius 1 is 1.90 bits per heavy atom. The molecule has 0 radical (unpaired) electrons. The minimum Gasteiger partial charge on any atom is -0.476 e. The Morgan fingerprint density at radius 2 is 2.50 bits per heavy atom. The SMILES string of the molecule is Cn1cc(Br)c(C(=O)O)n1. The summed E-state index contributed by atoms with van der Waals surface area (Å²) in [6, 6.07) is 0. The summed E-state index contributed by atoms with van der Waals surface area (Å²) in [6.07, 6.45) is 1.59. The van der Waals surface area contributed by atoms with Crippen LogP contribution in [-0.4, -0.2) is 20.9 Å². The number of aryl methyl sites for hydroxylation is 1. The second-order valence-corrected chi connectivity index (χ2v) is 2.66. The van der Waals surface area contributed by atoms with Crippen LogP contribution in [0.25, 0.3) is 0 Å². The van der Waals surface area contributed by atoms with Crippen molar-refractivity contribution in [1.82, 2.24) is 9.78 Å². The molecule has 0 saturated carbocycles. The number of aromatic carboxylic acids is 1. The van der Waals surface area contributed by atoms with E-state index in [2.05, 4.69) is 21.0 Å². The van der Waals surface area contributed by atoms with Crippen LogP contribution in [-0.2, 0) is 7.05 Å². The Hall–Kier alpha value is -0.840. The first-order valence-electron chi connectivity index (χ1n) is 2.53. The number of halogens is 1. The van der Waals surface area contributed by atoms with Crippen LogP contribution in [0.3, 0.4) is 0 Å². The molecule has 0 aliphatic rings. The van der Waals surface area contributed by atoms with Gasteiger partial charge in [0.25, 0.3) is 0 Å². The van der Waals surface area contributed by atoms with E-state index in [0.717, 1.165) is 0 Å². The number of aromatic nitrogens is 2. The first-order valence-corrected chi connectivity index (χ1v) is 3.33. The second-order valence-electron chi connectivity index (χ2n) is 1.80. The number of nitrogens with zero attached hydrogens (tertiary/aromatic N) is 2. The molecule has 0 bridgehead atoms. The fourth-order valence-corrected chi connectivity index (χ4v) is 1.15. The molecule has 4 nitrogen and oxygen atoms in total. The molecule has 0 aliphatic carbocycles. The summed E-state index contributed by atoms with van der Waals surface area (Å²) in [6.45, 7) is 0. The number of rotatable bonds is 1. The van der Waals surface area contributed by atoms with E-state index in [-0.39, 0.29) is 5.69 Å². The molecule has 1 aromatic rings. The van der Waals surface area contributed by atoms with Gasteiger partial charge in [0.05, 0.1) is 4.47 Å². The van der Waals surface area contributed by atoms with Gasteiger partial charge in [-0.15, -0.1) is 0 Å². The molecular weight excluding hydrogens is 200 g/mol. The van der Waals surface area contributed by atoms with Crippen LogP contribution in [0.5, 0.6) is 0 Å². The highest BCUT2D eigenvalue weighted by Gasteiger charge is 2.11. The van der Waals surface area contributed by atoms with E-state index < -0.39 is 5.97 Å². The molecule has 1 rings (SSSR count). The third kappa shape index (κ3) is 1.18. The van der Waals surface area contributed by atoms with Crippen LogP contribution in [0.15, 0.2) is 10.7 Å². The topological polar surface area (TPSA) is 55.1 Å². The number of hydrogen-bond donors (Lipinski definition) is 1. The molecule has 0 aliphatic heterocycles. The lowest BCUT2D eigenvalue weighted by molar-refractivity contribution is 0.0688. The van der Waals surface area contributed by atoms with Crippen molar-refractivity contribution in [1.29, 1.82) is 0 Å². The van der Waals surface area contributed by atoms with Gasteiger partial charge in [-0.2, -0.15) is 5.10 Å². The fraction of sp³-hybridized carbons (Fsp3) is 0.200. The molecule has 0 saturated heterocycles. The van der Waals surface area contributed by atoms with Crippen molar-refractivity contribution < 1.29 is 9.90 Å². The van der Waals surface area contributed by atoms with Crippen LogP contribution >= 0.6 is 15.9 Å². The molecule has 0 spiro atoms. The van der Waals surface area contributed by atoms with Crippen LogP contribution in [0.2, 0.25) is 0 Å². The maximum absolute atomic E-state index is 10.3. The van der Waals surface area contributed by atoms with E-state index in [9.17, 15) is 4.79 Å². The molecular formula is C5H5BrN2O2. The van der Waals surface area contributed by atoms with Crippen molar-refractivity contribution in [2.24, 2.45) is 7.05 Å². The van der Waals surface area contributed by atoms with E-state index >= 15 is 0 Å². The Kier molecular flexibility index (Phi) is 1.76. The number of carboxylic acid groups (broad SMARTS) is 1. The summed E-state index contributed by atoms with van der Waals surface area (Å²) < 4.78 is 1.94. The van der Waals surface area contributed by atoms with Crippen LogP contribution < -0.4 is 0 Å². The molecule has 1 N–H and O–H groups in total. The zero-order valence-electron chi connectivity index (χ0n) is 5.21. The molecule has 0 atom stereocenters. The lowest BCUT2D eigenvalue weighted by atomic mass is 10.4. The smallest absolute Gasteiger partial charge is 0.357 e. The summed E-state index contributed by atoms with van der Waals surface area (Å²) in [5.74, 6) is -1.02. The van der Waals surface area contributed by atoms with Crippen molar-refractivity contribution in [3.8, 4) is 0 Å². The highest BCUT2D eigenvalue weighted by atomic mass is 79.9. The molecule has 54 valence electrons. The Bertz CT molecular complexity index is 269. The van der Waals surface area contributed by atoms with Crippen LogP contribution in [0, 0.1) is 0 Å². The van der Waals surface area contributed by atoms with Gasteiger partial charge < -0.3 is 5.11 Å². The summed E-state index contributed by atoms with van der Waals surface area (Å²) >= 11 is 3.05. The molecule has 5 heteroatoms. The molecule has 0 fully saturated rings. The Morgan fingerprint density at radius 3 is 2.70 bits per heavy atom. The van der Waals surface area contributed by atoms with Gasteiger partial charge in [-0.3, -0.25) is 4.68 Å². The number of carboxylic acids is 1. The minimum atomic E-state index is -1.02. The molecule has 0 aromatic carbocycles. The molecule has 0 unspecified atom stereocenters. The first-order chi connectivity index (χ1) is 4.61. The van der Waals surface area contributed by atoms with Gasteiger partial charge in [0, 0.05) is 13.2 Å². The van der Waals surface area contributed by atoms with Gasteiger partial charge >= 0.3 is 5.97 Å². The zero-order chi connectivity index (χ0) is 7.72. The largest absolute Gasteiger partial charge is 0.476 e. The summed E-state index contributed by atoms with van der Waals surface area (Å²) in [5, 5.41) is 12.2. The molecule has 1 aromatic heterocycles. The van der Waals surface area contributed by atoms with Crippen molar-refractivity contribution in [2.75, 3.05) is 0 Å². The van der Waals surface area contributed by atoms with Gasteiger partial charge in [0.1, 0.15) is 0 Å². The fourth-order valence-electron chi connectivity index (χ4n) is 0.604. The molecule has 0 amide bonds. The summed E-state index contributed by atoms with van der Waals surface area (Å²) in [4.78, 5) is 10.3. The van der Waals surface area contributed by atoms with Gasteiger partial charge in [-0.25, -0.2) is 4.79 Å². The maximum atomic E-state index is 10.3. The van der Waals surface area contributed by atoms with Gasteiger partial charge in [-0.05, 0) is 15.9 Å². The van der Waals surface area contributed by atoms with Gasteiger partial charge in [0.2, 0.25) is 0 Å². The second kappa shape index (κ2) is 2.42. The quantitative estimate of drug-likeness (QED) is 0.740. The summed E-state index contributed by atoms with van der Waals surface area (Å²) in [7, 11) is 1.66. The molecule has 10 heavy (non-hydrogen) atoms. The average molecular weight is 205 g/mol. The van der Waals surface area contributed by atoms with Crippen LogP contribution in [0.4, 0.5) is 0 Å². The van der Waals surface area contributed by atoms with E-state index in [1.54, 1.807) is 13.2 Å². The standard InChI is InChI=1S/C5H5BrN2O2/c1-8-2-3(6)4(7-8)5(9)10/h2H,1H3,(H,9,10). The van der Waals surface area contributed by atoms with E-state index in [1.807, 2.05) is 0 Å². The Labute approximate surface area is 65.6 Å². The maximum Gasteiger partial charge on any atom is 0.357 e. The van der Waals surface area contributed by atoms with E-state index in [4.69, 9.17) is 5.11 Å². The van der Waals surface area contributed by atoms with Crippen molar-refractivity contribution in [3.63, 3.8) is 0 Å². The highest BCUT2D eigenvalue weighted by molar-refractivity contribution is 9.10. The number of hydrogen-bond acceptors (Lipinski definition) is 2. The van der Waals surface area contributed by atoms with Gasteiger partial charge in [-0.1, -0.05) is 0 Å². The third-order valence-electron chi connectivity index (χ3n) is 0.987. The van der Waals surface area contributed by atoms with Crippen molar-refractivity contribution in [3.05, 3.63) is 16.4 Å². The molecule has 1 heterocycles. The zero-order valence-corrected chi connectivity index (χ0v) is 6.79. The monoisotopic (exact) mass is 204 g/mol. The Balaban J connectivity index is 3.15.